The van der Waals surface area contributed by atoms with Crippen LogP contribution in [0.2, 0.25) is 39.3 Å². The quantitative estimate of drug-likeness (QED) is 0.575. The molecule has 0 radical (unpaired) electrons. The SMILES string of the molecule is C[Si](C)(C)N(C(=O)N=CCC#N)[Si](C)(C)C. The van der Waals surface area contributed by atoms with E-state index in [9.17, 15) is 4.79 Å². The topological polar surface area (TPSA) is 56.5 Å². The first kappa shape index (κ1) is 15.1. The third-order valence-electron chi connectivity index (χ3n) is 1.92. The fourth-order valence-corrected chi connectivity index (χ4v) is 11.1. The number of rotatable bonds is 3. The van der Waals surface area contributed by atoms with Gasteiger partial charge in [0.05, 0.1) is 12.5 Å². The Labute approximate surface area is 100 Å². The predicted octanol–water partition coefficient (Wildman–Crippen LogP) is 3.06. The molecule has 0 heterocycles. The first-order valence-electron chi connectivity index (χ1n) is 5.34. The van der Waals surface area contributed by atoms with E-state index in [0.717, 1.165) is 0 Å². The van der Waals surface area contributed by atoms with Crippen molar-refractivity contribution in [2.45, 2.75) is 45.7 Å². The number of carbonyl (C=O) groups excluding carboxylic acids is 1. The van der Waals surface area contributed by atoms with Gasteiger partial charge in [0.1, 0.15) is 16.5 Å². The van der Waals surface area contributed by atoms with Crippen molar-refractivity contribution in [3.63, 3.8) is 0 Å². The minimum Gasteiger partial charge on any atom is -0.377 e. The number of amides is 2. The molecule has 0 atom stereocenters. The first-order chi connectivity index (χ1) is 7.10. The summed E-state index contributed by atoms with van der Waals surface area (Å²) in [6, 6.07) is 1.77. The van der Waals surface area contributed by atoms with Crippen LogP contribution in [0.25, 0.3) is 0 Å². The Morgan fingerprint density at radius 1 is 1.25 bits per heavy atom. The summed E-state index contributed by atoms with van der Waals surface area (Å²) in [5.41, 5.74) is 0. The minimum absolute atomic E-state index is 0.173. The van der Waals surface area contributed by atoms with Gasteiger partial charge in [0.25, 0.3) is 0 Å². The van der Waals surface area contributed by atoms with E-state index in [2.05, 4.69) is 44.3 Å². The maximum atomic E-state index is 12.0. The average Bonchev–Trinajstić information content (AvgIpc) is 1.98. The van der Waals surface area contributed by atoms with E-state index in [0.29, 0.717) is 0 Å². The van der Waals surface area contributed by atoms with Crippen molar-refractivity contribution in [3.05, 3.63) is 0 Å². The molecule has 16 heavy (non-hydrogen) atoms. The average molecular weight is 255 g/mol. The Hall–Kier alpha value is -0.936. The molecule has 6 heteroatoms. The van der Waals surface area contributed by atoms with Crippen LogP contribution in [-0.2, 0) is 0 Å². The molecule has 2 amide bonds. The van der Waals surface area contributed by atoms with Crippen LogP contribution in [0, 0.1) is 11.3 Å². The lowest BCUT2D eigenvalue weighted by Gasteiger charge is -2.42. The second-order valence-electron chi connectivity index (χ2n) is 5.63. The van der Waals surface area contributed by atoms with Gasteiger partial charge in [-0.25, -0.2) is 9.79 Å². The van der Waals surface area contributed by atoms with E-state index in [1.165, 1.54) is 6.21 Å². The van der Waals surface area contributed by atoms with Crippen LogP contribution in [0.5, 0.6) is 0 Å². The van der Waals surface area contributed by atoms with Crippen molar-refractivity contribution in [1.29, 1.82) is 5.26 Å². The fraction of sp³-hybridized carbons (Fsp3) is 0.700. The maximum Gasteiger partial charge on any atom is 0.327 e. The van der Waals surface area contributed by atoms with Crippen molar-refractivity contribution in [1.82, 2.24) is 4.23 Å². The highest BCUT2D eigenvalue weighted by Gasteiger charge is 2.37. The van der Waals surface area contributed by atoms with Crippen LogP contribution in [0.1, 0.15) is 6.42 Å². The molecule has 0 saturated carbocycles. The molecule has 0 saturated heterocycles. The van der Waals surface area contributed by atoms with Crippen molar-refractivity contribution in [3.8, 4) is 6.07 Å². The Morgan fingerprint density at radius 2 is 1.69 bits per heavy atom. The number of hydrogen-bond donors (Lipinski definition) is 0. The van der Waals surface area contributed by atoms with Gasteiger partial charge in [0, 0.05) is 6.21 Å². The number of nitrogens with zero attached hydrogens (tertiary/aromatic N) is 3. The summed E-state index contributed by atoms with van der Waals surface area (Å²) >= 11 is 0. The molecule has 90 valence electrons. The molecule has 0 rings (SSSR count). The molecule has 0 spiro atoms. The van der Waals surface area contributed by atoms with Crippen LogP contribution >= 0.6 is 0 Å². The Bertz CT molecular complexity index is 306. The van der Waals surface area contributed by atoms with E-state index < -0.39 is 16.5 Å². The molecule has 4 nitrogen and oxygen atoms in total. The molecule has 0 fully saturated rings. The lowest BCUT2D eigenvalue weighted by Crippen LogP contribution is -2.60. The highest BCUT2D eigenvalue weighted by molar-refractivity contribution is 6.92. The van der Waals surface area contributed by atoms with Gasteiger partial charge in [-0.15, -0.1) is 0 Å². The molecule has 0 unspecified atom stereocenters. The predicted molar refractivity (Wildman–Crippen MR) is 72.6 cm³/mol. The van der Waals surface area contributed by atoms with Crippen molar-refractivity contribution < 1.29 is 4.79 Å². The number of hydrogen-bond acceptors (Lipinski definition) is 2. The normalized spacial score (nSPS) is 12.6. The Morgan fingerprint density at radius 3 is 2.00 bits per heavy atom. The molecule has 0 aromatic carbocycles. The van der Waals surface area contributed by atoms with Crippen molar-refractivity contribution in [2.75, 3.05) is 0 Å². The van der Waals surface area contributed by atoms with Gasteiger partial charge in [-0.3, -0.25) is 0 Å². The standard InChI is InChI=1S/C10H21N3OSi2/c1-15(2,3)13(16(4,5)6)10(14)12-9-7-8-11/h9H,7H2,1-6H3. The van der Waals surface area contributed by atoms with Gasteiger partial charge in [0.15, 0.2) is 0 Å². The summed E-state index contributed by atoms with van der Waals surface area (Å²) in [4.78, 5) is 15.9. The van der Waals surface area contributed by atoms with Gasteiger partial charge in [0.2, 0.25) is 0 Å². The van der Waals surface area contributed by atoms with Gasteiger partial charge in [-0.2, -0.15) is 5.26 Å². The summed E-state index contributed by atoms with van der Waals surface area (Å²) in [6.45, 7) is 12.9. The molecular weight excluding hydrogens is 234 g/mol. The Balaban J connectivity index is 4.96. The highest BCUT2D eigenvalue weighted by Crippen LogP contribution is 2.20. The van der Waals surface area contributed by atoms with E-state index >= 15 is 0 Å². The lowest BCUT2D eigenvalue weighted by molar-refractivity contribution is 0.242. The largest absolute Gasteiger partial charge is 0.377 e. The molecule has 0 N–H and O–H groups in total. The van der Waals surface area contributed by atoms with Crippen LogP contribution < -0.4 is 0 Å². The van der Waals surface area contributed by atoms with E-state index in [-0.39, 0.29) is 12.5 Å². The Kier molecular flexibility index (Phi) is 5.09. The third-order valence-corrected chi connectivity index (χ3v) is 9.01. The van der Waals surface area contributed by atoms with Crippen LogP contribution in [-0.4, -0.2) is 32.9 Å². The lowest BCUT2D eigenvalue weighted by atomic mass is 10.5. The minimum atomic E-state index is -1.70. The van der Waals surface area contributed by atoms with E-state index in [1.54, 1.807) is 0 Å². The summed E-state index contributed by atoms with van der Waals surface area (Å²) in [7, 11) is -3.39. The second kappa shape index (κ2) is 5.41. The van der Waals surface area contributed by atoms with Crippen molar-refractivity contribution >= 4 is 28.7 Å². The van der Waals surface area contributed by atoms with E-state index in [4.69, 9.17) is 5.26 Å². The van der Waals surface area contributed by atoms with Gasteiger partial charge in [-0.1, -0.05) is 39.3 Å². The fourth-order valence-electron chi connectivity index (χ4n) is 1.80. The van der Waals surface area contributed by atoms with Gasteiger partial charge < -0.3 is 4.23 Å². The smallest absolute Gasteiger partial charge is 0.327 e. The number of aliphatic imine (C=N–C) groups is 1. The van der Waals surface area contributed by atoms with Crippen LogP contribution in [0.4, 0.5) is 4.79 Å². The summed E-state index contributed by atoms with van der Waals surface area (Å²) in [5, 5.41) is 8.39. The number of urea groups is 1. The molecular formula is C10H21N3OSi2. The molecule has 0 aromatic heterocycles. The molecule has 0 aromatic rings. The molecule has 0 bridgehead atoms. The summed E-state index contributed by atoms with van der Waals surface area (Å²) in [5.74, 6) is 0. The van der Waals surface area contributed by atoms with Crippen molar-refractivity contribution in [2.24, 2.45) is 4.99 Å². The third kappa shape index (κ3) is 4.72. The highest BCUT2D eigenvalue weighted by atomic mass is 28.4. The molecule has 0 aliphatic carbocycles. The van der Waals surface area contributed by atoms with Gasteiger partial charge in [-0.05, 0) is 0 Å². The molecule has 0 aliphatic rings. The monoisotopic (exact) mass is 255 g/mol. The van der Waals surface area contributed by atoms with E-state index in [1.807, 2.05) is 10.3 Å². The summed E-state index contributed by atoms with van der Waals surface area (Å²) < 4.78 is 1.99. The maximum absolute atomic E-state index is 12.0. The zero-order valence-electron chi connectivity index (χ0n) is 11.0. The number of nitriles is 1. The second-order valence-corrected chi connectivity index (χ2v) is 15.7. The van der Waals surface area contributed by atoms with Crippen LogP contribution in [0.3, 0.4) is 0 Å². The zero-order valence-corrected chi connectivity index (χ0v) is 13.0. The molecule has 0 aliphatic heterocycles. The first-order valence-corrected chi connectivity index (χ1v) is 12.2. The zero-order chi connectivity index (χ0) is 13.0. The number of carbonyl (C=O) groups is 1. The summed E-state index contributed by atoms with van der Waals surface area (Å²) in [6.07, 6.45) is 1.59. The van der Waals surface area contributed by atoms with Crippen LogP contribution in [0.15, 0.2) is 4.99 Å². The van der Waals surface area contributed by atoms with Gasteiger partial charge >= 0.3 is 6.03 Å².